The molecule has 0 aliphatic rings. The van der Waals surface area contributed by atoms with Crippen LogP contribution in [0.25, 0.3) is 0 Å². The number of thiol groups is 1. The van der Waals surface area contributed by atoms with Crippen molar-refractivity contribution in [2.75, 3.05) is 29.1 Å². The van der Waals surface area contributed by atoms with Crippen molar-refractivity contribution in [3.63, 3.8) is 0 Å². The maximum Gasteiger partial charge on any atom is 0.235 e. The van der Waals surface area contributed by atoms with E-state index in [1.165, 1.54) is 13.2 Å². The molecule has 0 saturated carbocycles. The Morgan fingerprint density at radius 3 is 2.44 bits per heavy atom. The van der Waals surface area contributed by atoms with E-state index >= 15 is 0 Å². The van der Waals surface area contributed by atoms with E-state index in [0.717, 1.165) is 11.1 Å². The lowest BCUT2D eigenvalue weighted by Gasteiger charge is -2.25. The number of amides is 1. The average Bonchev–Trinajstić information content (AvgIpc) is 2.75. The van der Waals surface area contributed by atoms with Gasteiger partial charge in [-0.1, -0.05) is 44.2 Å². The summed E-state index contributed by atoms with van der Waals surface area (Å²) in [5, 5.41) is 13.6. The Labute approximate surface area is 207 Å². The van der Waals surface area contributed by atoms with Gasteiger partial charge in [-0.05, 0) is 47.8 Å². The number of nitrogen functional groups attached to an aromatic ring is 1. The van der Waals surface area contributed by atoms with Crippen LogP contribution >= 0.6 is 12.6 Å². The summed E-state index contributed by atoms with van der Waals surface area (Å²) in [5.41, 5.74) is 8.26. The van der Waals surface area contributed by atoms with E-state index in [1.807, 2.05) is 44.2 Å². The van der Waals surface area contributed by atoms with Gasteiger partial charge in [0.25, 0.3) is 0 Å². The molecule has 0 radical (unpaired) electrons. The van der Waals surface area contributed by atoms with Gasteiger partial charge in [-0.3, -0.25) is 9.52 Å². The summed E-state index contributed by atoms with van der Waals surface area (Å²) in [7, 11) is -2.48. The van der Waals surface area contributed by atoms with E-state index in [2.05, 4.69) is 22.7 Å². The number of benzene rings is 2. The Bertz CT molecular complexity index is 1050. The lowest BCUT2D eigenvalue weighted by molar-refractivity contribution is -0.122. The molecule has 8 nitrogen and oxygen atoms in total. The van der Waals surface area contributed by atoms with Crippen LogP contribution in [0.3, 0.4) is 0 Å². The number of hydrogen-bond donors (Lipinski definition) is 5. The predicted molar refractivity (Wildman–Crippen MR) is 140 cm³/mol. The van der Waals surface area contributed by atoms with Crippen molar-refractivity contribution in [3.8, 4) is 5.75 Å². The van der Waals surface area contributed by atoms with E-state index in [-0.39, 0.29) is 24.7 Å². The summed E-state index contributed by atoms with van der Waals surface area (Å²) in [4.78, 5) is 12.2. The maximum absolute atomic E-state index is 13.0. The van der Waals surface area contributed by atoms with Crippen molar-refractivity contribution < 1.29 is 23.1 Å². The molecule has 1 amide bonds. The number of nitrogens with one attached hydrogen (secondary N) is 2. The van der Waals surface area contributed by atoms with Crippen molar-refractivity contribution in [1.82, 2.24) is 5.32 Å². The van der Waals surface area contributed by atoms with Gasteiger partial charge in [-0.2, -0.15) is 12.6 Å². The zero-order chi connectivity index (χ0) is 25.3. The minimum atomic E-state index is -3.98. The number of carbonyl (C=O) groups excluding carboxylic acids is 1. The standard InChI is InChI=1S/C24H35N3O5S2/c1-16(2)11-18-13-23(32-3)19(25)14-20(18)27-34(30,31)15-22(28)21(26-24(29)9-10-33)12-17-7-5-4-6-8-17/h4-8,13-14,16,21-22,27-28,33H,9-12,15,25H2,1-3H3,(H,26,29)/t21-,22-/m0/s1. The quantitative estimate of drug-likeness (QED) is 0.208. The number of aliphatic hydroxyl groups excluding tert-OH is 1. The minimum Gasteiger partial charge on any atom is -0.495 e. The van der Waals surface area contributed by atoms with Crippen LogP contribution < -0.4 is 20.5 Å². The number of methoxy groups -OCH3 is 1. The molecule has 34 heavy (non-hydrogen) atoms. The first-order valence-corrected chi connectivity index (χ1v) is 13.4. The molecule has 0 aromatic heterocycles. The van der Waals surface area contributed by atoms with Gasteiger partial charge in [0, 0.05) is 6.42 Å². The molecule has 0 aliphatic carbocycles. The predicted octanol–water partition coefficient (Wildman–Crippen LogP) is 2.63. The molecule has 188 valence electrons. The molecule has 0 bridgehead atoms. The number of nitrogens with two attached hydrogens (primary N) is 1. The van der Waals surface area contributed by atoms with Gasteiger partial charge in [0.1, 0.15) is 5.75 Å². The molecule has 2 aromatic rings. The maximum atomic E-state index is 13.0. The van der Waals surface area contributed by atoms with Crippen LogP contribution in [0.5, 0.6) is 5.75 Å². The number of carbonyl (C=O) groups is 1. The highest BCUT2D eigenvalue weighted by atomic mass is 32.2. The summed E-state index contributed by atoms with van der Waals surface area (Å²) in [6.07, 6.45) is -0.293. The van der Waals surface area contributed by atoms with E-state index in [1.54, 1.807) is 6.07 Å². The monoisotopic (exact) mass is 509 g/mol. The third-order valence-corrected chi connectivity index (χ3v) is 6.72. The van der Waals surface area contributed by atoms with Crippen LogP contribution in [0.4, 0.5) is 11.4 Å². The second-order valence-electron chi connectivity index (χ2n) is 8.64. The van der Waals surface area contributed by atoms with E-state index < -0.39 is 27.9 Å². The van der Waals surface area contributed by atoms with Crippen molar-refractivity contribution >= 4 is 39.9 Å². The Hall–Kier alpha value is -2.43. The highest BCUT2D eigenvalue weighted by Gasteiger charge is 2.28. The molecule has 2 atom stereocenters. The number of hydrogen-bond acceptors (Lipinski definition) is 7. The Morgan fingerprint density at radius 2 is 1.85 bits per heavy atom. The number of ether oxygens (including phenoxy) is 1. The second kappa shape index (κ2) is 12.9. The summed E-state index contributed by atoms with van der Waals surface area (Å²) in [5.74, 6) is 0.172. The average molecular weight is 510 g/mol. The topological polar surface area (TPSA) is 131 Å². The molecule has 0 spiro atoms. The summed E-state index contributed by atoms with van der Waals surface area (Å²) in [6.45, 7) is 4.04. The van der Waals surface area contributed by atoms with Crippen LogP contribution in [0, 0.1) is 5.92 Å². The molecule has 0 unspecified atom stereocenters. The first-order valence-electron chi connectivity index (χ1n) is 11.1. The van der Waals surface area contributed by atoms with Crippen molar-refractivity contribution in [1.29, 1.82) is 0 Å². The lowest BCUT2D eigenvalue weighted by atomic mass is 10.0. The fourth-order valence-electron chi connectivity index (χ4n) is 3.60. The Kier molecular flexibility index (Phi) is 10.5. The van der Waals surface area contributed by atoms with Crippen LogP contribution in [0.1, 0.15) is 31.4 Å². The molecule has 0 heterocycles. The van der Waals surface area contributed by atoms with Crippen LogP contribution in [-0.4, -0.2) is 50.2 Å². The zero-order valence-corrected chi connectivity index (χ0v) is 21.5. The number of sulfonamides is 1. The molecular weight excluding hydrogens is 474 g/mol. The number of aliphatic hydroxyl groups is 1. The van der Waals surface area contributed by atoms with Gasteiger partial charge >= 0.3 is 0 Å². The van der Waals surface area contributed by atoms with Crippen LogP contribution in [0.15, 0.2) is 42.5 Å². The van der Waals surface area contributed by atoms with Crippen molar-refractivity contribution in [3.05, 3.63) is 53.6 Å². The van der Waals surface area contributed by atoms with Gasteiger partial charge in [0.2, 0.25) is 15.9 Å². The summed E-state index contributed by atoms with van der Waals surface area (Å²) < 4.78 is 33.9. The minimum absolute atomic E-state index is 0.163. The fraction of sp³-hybridized carbons (Fsp3) is 0.458. The largest absolute Gasteiger partial charge is 0.495 e. The fourth-order valence-corrected chi connectivity index (χ4v) is 5.09. The molecule has 2 aromatic carbocycles. The SMILES string of the molecule is COc1cc(CC(C)C)c(NS(=O)(=O)C[C@H](O)[C@H](Cc2ccccc2)NC(=O)CCS)cc1N. The van der Waals surface area contributed by atoms with Gasteiger partial charge in [-0.25, -0.2) is 8.42 Å². The lowest BCUT2D eigenvalue weighted by Crippen LogP contribution is -2.48. The zero-order valence-electron chi connectivity index (χ0n) is 19.8. The second-order valence-corrected chi connectivity index (χ2v) is 10.9. The molecule has 5 N–H and O–H groups in total. The molecule has 0 saturated heterocycles. The molecule has 10 heteroatoms. The molecular formula is C24H35N3O5S2. The van der Waals surface area contributed by atoms with Crippen molar-refractivity contribution in [2.45, 2.75) is 45.3 Å². The van der Waals surface area contributed by atoms with Crippen LogP contribution in [0.2, 0.25) is 0 Å². The first kappa shape index (κ1) is 27.8. The highest BCUT2D eigenvalue weighted by molar-refractivity contribution is 7.92. The molecule has 0 aliphatic heterocycles. The van der Waals surface area contributed by atoms with E-state index in [9.17, 15) is 18.3 Å². The van der Waals surface area contributed by atoms with Gasteiger partial charge in [0.15, 0.2) is 0 Å². The van der Waals surface area contributed by atoms with Crippen molar-refractivity contribution in [2.24, 2.45) is 5.92 Å². The van der Waals surface area contributed by atoms with Gasteiger partial charge in [-0.15, -0.1) is 0 Å². The van der Waals surface area contributed by atoms with Gasteiger partial charge < -0.3 is 20.9 Å². The smallest absolute Gasteiger partial charge is 0.235 e. The number of rotatable bonds is 13. The van der Waals surface area contributed by atoms with E-state index in [4.69, 9.17) is 10.5 Å². The summed E-state index contributed by atoms with van der Waals surface area (Å²) in [6, 6.07) is 11.7. The summed E-state index contributed by atoms with van der Waals surface area (Å²) >= 11 is 4.06. The van der Waals surface area contributed by atoms with E-state index in [0.29, 0.717) is 29.3 Å². The Morgan fingerprint density at radius 1 is 1.18 bits per heavy atom. The van der Waals surface area contributed by atoms with Gasteiger partial charge in [0.05, 0.1) is 36.4 Å². The molecule has 2 rings (SSSR count). The van der Waals surface area contributed by atoms with Crippen LogP contribution in [-0.2, 0) is 27.7 Å². The normalized spacial score (nSPS) is 13.4. The molecule has 0 fully saturated rings. The highest BCUT2D eigenvalue weighted by Crippen LogP contribution is 2.31. The Balaban J connectivity index is 2.24. The third-order valence-electron chi connectivity index (χ3n) is 5.19. The first-order chi connectivity index (χ1) is 16.0. The third kappa shape index (κ3) is 8.73. The number of anilines is 2.